The van der Waals surface area contributed by atoms with Crippen LogP contribution >= 0.6 is 11.6 Å². The van der Waals surface area contributed by atoms with Gasteiger partial charge in [-0.2, -0.15) is 4.68 Å². The molecule has 0 fully saturated rings. The van der Waals surface area contributed by atoms with Gasteiger partial charge in [0.2, 0.25) is 5.91 Å². The maximum atomic E-state index is 14.1. The number of halogens is 2. The molecule has 0 aliphatic heterocycles. The van der Waals surface area contributed by atoms with Gasteiger partial charge in [0.25, 0.3) is 0 Å². The van der Waals surface area contributed by atoms with Crippen LogP contribution in [0.15, 0.2) is 36.4 Å². The lowest BCUT2D eigenvalue weighted by atomic mass is 10.2. The SMILES string of the molecule is COc1ccc(Cl)cc1NCCC(=O)Nc1cc(-n2nnnc2C)ccc1F. The van der Waals surface area contributed by atoms with Crippen LogP contribution in [0.3, 0.4) is 0 Å². The summed E-state index contributed by atoms with van der Waals surface area (Å²) < 4.78 is 20.8. The van der Waals surface area contributed by atoms with Gasteiger partial charge in [-0.05, 0) is 53.7 Å². The fourth-order valence-corrected chi connectivity index (χ4v) is 2.72. The van der Waals surface area contributed by atoms with Gasteiger partial charge >= 0.3 is 0 Å². The minimum Gasteiger partial charge on any atom is -0.495 e. The number of aromatic nitrogens is 4. The molecule has 3 rings (SSSR count). The van der Waals surface area contributed by atoms with Crippen molar-refractivity contribution in [2.24, 2.45) is 0 Å². The Labute approximate surface area is 165 Å². The van der Waals surface area contributed by atoms with Crippen LogP contribution in [-0.2, 0) is 4.79 Å². The highest BCUT2D eigenvalue weighted by molar-refractivity contribution is 6.30. The molecule has 2 aromatic carbocycles. The number of tetrazole rings is 1. The number of hydrogen-bond donors (Lipinski definition) is 2. The molecule has 1 heterocycles. The molecule has 0 saturated heterocycles. The Morgan fingerprint density at radius 2 is 2.07 bits per heavy atom. The van der Waals surface area contributed by atoms with Gasteiger partial charge in [-0.15, -0.1) is 5.10 Å². The van der Waals surface area contributed by atoms with E-state index in [-0.39, 0.29) is 18.0 Å². The summed E-state index contributed by atoms with van der Waals surface area (Å²) in [6, 6.07) is 9.40. The van der Waals surface area contributed by atoms with E-state index in [2.05, 4.69) is 26.2 Å². The van der Waals surface area contributed by atoms with Crippen molar-refractivity contribution < 1.29 is 13.9 Å². The highest BCUT2D eigenvalue weighted by Crippen LogP contribution is 2.27. The summed E-state index contributed by atoms with van der Waals surface area (Å²) in [5.41, 5.74) is 1.27. The van der Waals surface area contributed by atoms with Crippen molar-refractivity contribution in [1.29, 1.82) is 0 Å². The Morgan fingerprint density at radius 3 is 2.79 bits per heavy atom. The Balaban J connectivity index is 1.62. The van der Waals surface area contributed by atoms with Crippen molar-refractivity contribution in [3.63, 3.8) is 0 Å². The Kier molecular flexibility index (Phi) is 6.05. The Hall–Kier alpha value is -3.20. The molecule has 3 aromatic rings. The average Bonchev–Trinajstić information content (AvgIpc) is 3.10. The van der Waals surface area contributed by atoms with Crippen LogP contribution in [0.5, 0.6) is 5.75 Å². The van der Waals surface area contributed by atoms with Gasteiger partial charge in [0.05, 0.1) is 24.2 Å². The fraction of sp³-hybridized carbons (Fsp3) is 0.222. The second kappa shape index (κ2) is 8.66. The molecule has 0 saturated carbocycles. The number of nitrogens with one attached hydrogen (secondary N) is 2. The molecule has 0 spiro atoms. The first-order valence-corrected chi connectivity index (χ1v) is 8.78. The first-order chi connectivity index (χ1) is 13.5. The number of hydrogen-bond acceptors (Lipinski definition) is 6. The third kappa shape index (κ3) is 4.55. The summed E-state index contributed by atoms with van der Waals surface area (Å²) in [7, 11) is 1.54. The maximum absolute atomic E-state index is 14.1. The molecule has 2 N–H and O–H groups in total. The number of aryl methyl sites for hydroxylation is 1. The van der Waals surface area contributed by atoms with Crippen molar-refractivity contribution in [1.82, 2.24) is 20.2 Å². The van der Waals surface area contributed by atoms with Gasteiger partial charge in [0.15, 0.2) is 5.82 Å². The van der Waals surface area contributed by atoms with Crippen LogP contribution in [0, 0.1) is 12.7 Å². The molecule has 10 heteroatoms. The molecule has 0 aliphatic carbocycles. The third-order valence-corrected chi connectivity index (χ3v) is 4.16. The van der Waals surface area contributed by atoms with Gasteiger partial charge in [-0.1, -0.05) is 11.6 Å². The smallest absolute Gasteiger partial charge is 0.226 e. The molecule has 146 valence electrons. The van der Waals surface area contributed by atoms with Gasteiger partial charge < -0.3 is 15.4 Å². The molecule has 0 unspecified atom stereocenters. The summed E-state index contributed by atoms with van der Waals surface area (Å²) in [6.07, 6.45) is 0.114. The number of anilines is 2. The number of carbonyl (C=O) groups is 1. The predicted molar refractivity (Wildman–Crippen MR) is 104 cm³/mol. The molecule has 0 aliphatic rings. The normalized spacial score (nSPS) is 10.6. The molecular weight excluding hydrogens is 387 g/mol. The Bertz CT molecular complexity index is 994. The summed E-state index contributed by atoms with van der Waals surface area (Å²) in [4.78, 5) is 12.2. The third-order valence-electron chi connectivity index (χ3n) is 3.92. The highest BCUT2D eigenvalue weighted by Gasteiger charge is 2.11. The van der Waals surface area contributed by atoms with E-state index in [4.69, 9.17) is 16.3 Å². The molecule has 1 aromatic heterocycles. The quantitative estimate of drug-likeness (QED) is 0.628. The van der Waals surface area contributed by atoms with Crippen molar-refractivity contribution in [2.45, 2.75) is 13.3 Å². The number of benzene rings is 2. The fourth-order valence-electron chi connectivity index (χ4n) is 2.55. The average molecular weight is 405 g/mol. The molecule has 0 bridgehead atoms. The number of ether oxygens (including phenoxy) is 1. The molecule has 0 radical (unpaired) electrons. The highest BCUT2D eigenvalue weighted by atomic mass is 35.5. The van der Waals surface area contributed by atoms with E-state index in [1.165, 1.54) is 22.9 Å². The monoisotopic (exact) mass is 404 g/mol. The molecular formula is C18H18ClFN6O2. The minimum atomic E-state index is -0.549. The summed E-state index contributed by atoms with van der Waals surface area (Å²) in [5.74, 6) is 0.259. The van der Waals surface area contributed by atoms with Crippen LogP contribution in [0.25, 0.3) is 5.69 Å². The van der Waals surface area contributed by atoms with Crippen LogP contribution in [-0.4, -0.2) is 39.8 Å². The number of nitrogens with zero attached hydrogens (tertiary/aromatic N) is 4. The largest absolute Gasteiger partial charge is 0.495 e. The zero-order valence-electron chi connectivity index (χ0n) is 15.2. The van der Waals surface area contributed by atoms with Crippen molar-refractivity contribution in [3.05, 3.63) is 53.1 Å². The minimum absolute atomic E-state index is 0.0535. The molecule has 1 amide bonds. The van der Waals surface area contributed by atoms with Crippen molar-refractivity contribution in [3.8, 4) is 11.4 Å². The van der Waals surface area contributed by atoms with E-state index in [1.807, 2.05) is 0 Å². The zero-order chi connectivity index (χ0) is 20.1. The Morgan fingerprint density at radius 1 is 1.25 bits per heavy atom. The number of carbonyl (C=O) groups excluding carboxylic acids is 1. The van der Waals surface area contributed by atoms with Crippen LogP contribution in [0.4, 0.5) is 15.8 Å². The van der Waals surface area contributed by atoms with Crippen molar-refractivity contribution in [2.75, 3.05) is 24.3 Å². The maximum Gasteiger partial charge on any atom is 0.226 e. The second-order valence-electron chi connectivity index (χ2n) is 5.87. The molecule has 8 nitrogen and oxygen atoms in total. The molecule has 0 atom stereocenters. The summed E-state index contributed by atoms with van der Waals surface area (Å²) in [6.45, 7) is 2.04. The van der Waals surface area contributed by atoms with E-state index < -0.39 is 5.82 Å². The van der Waals surface area contributed by atoms with Crippen LogP contribution in [0.1, 0.15) is 12.2 Å². The van der Waals surface area contributed by atoms with Gasteiger partial charge in [0, 0.05) is 18.0 Å². The van der Waals surface area contributed by atoms with Gasteiger partial charge in [0.1, 0.15) is 11.6 Å². The lowest BCUT2D eigenvalue weighted by Crippen LogP contribution is -2.17. The van der Waals surface area contributed by atoms with Crippen LogP contribution < -0.4 is 15.4 Å². The number of rotatable bonds is 7. The second-order valence-corrected chi connectivity index (χ2v) is 6.31. The lowest BCUT2D eigenvalue weighted by molar-refractivity contribution is -0.116. The van der Waals surface area contributed by atoms with E-state index in [9.17, 15) is 9.18 Å². The lowest BCUT2D eigenvalue weighted by Gasteiger charge is -2.12. The predicted octanol–water partition coefficient (Wildman–Crippen LogP) is 3.21. The van der Waals surface area contributed by atoms with Gasteiger partial charge in [-0.3, -0.25) is 4.79 Å². The standard InChI is InChI=1S/C18H18ClFN6O2/c1-11-23-24-25-26(11)13-4-5-14(20)15(10-13)22-18(27)7-8-21-16-9-12(19)3-6-17(16)28-2/h3-6,9-10,21H,7-8H2,1-2H3,(H,22,27). The van der Waals surface area contributed by atoms with Gasteiger partial charge in [-0.25, -0.2) is 4.39 Å². The van der Waals surface area contributed by atoms with E-state index >= 15 is 0 Å². The molecule has 28 heavy (non-hydrogen) atoms. The first-order valence-electron chi connectivity index (χ1n) is 8.40. The number of methoxy groups -OCH3 is 1. The summed E-state index contributed by atoms with van der Waals surface area (Å²) in [5, 5.41) is 17.4. The summed E-state index contributed by atoms with van der Waals surface area (Å²) >= 11 is 5.98. The van der Waals surface area contributed by atoms with Crippen molar-refractivity contribution >= 4 is 28.9 Å². The van der Waals surface area contributed by atoms with E-state index in [1.54, 1.807) is 32.2 Å². The first kappa shape index (κ1) is 19.6. The van der Waals surface area contributed by atoms with E-state index in [0.717, 1.165) is 0 Å². The zero-order valence-corrected chi connectivity index (χ0v) is 16.0. The topological polar surface area (TPSA) is 94.0 Å². The van der Waals surface area contributed by atoms with E-state index in [0.29, 0.717) is 34.5 Å². The number of amides is 1. The van der Waals surface area contributed by atoms with Crippen LogP contribution in [0.2, 0.25) is 5.02 Å².